The van der Waals surface area contributed by atoms with Crippen LogP contribution in [0.4, 0.5) is 0 Å². The molecule has 4 nitrogen and oxygen atoms in total. The highest BCUT2D eigenvalue weighted by atomic mass is 35.5. The first kappa shape index (κ1) is 12.6. The van der Waals surface area contributed by atoms with Crippen LogP contribution < -0.4 is 10.1 Å². The SMILES string of the molecule is Clc1nccc(OCCC[C@H]2CCCCN2)n1. The first-order valence-corrected chi connectivity index (χ1v) is 6.57. The molecule has 0 aromatic carbocycles. The van der Waals surface area contributed by atoms with Gasteiger partial charge < -0.3 is 10.1 Å². The first-order valence-electron chi connectivity index (χ1n) is 6.19. The van der Waals surface area contributed by atoms with Crippen LogP contribution in [-0.4, -0.2) is 29.2 Å². The number of ether oxygens (including phenoxy) is 1. The lowest BCUT2D eigenvalue weighted by molar-refractivity contribution is 0.276. The Balaban J connectivity index is 1.62. The zero-order valence-electron chi connectivity index (χ0n) is 9.86. The summed E-state index contributed by atoms with van der Waals surface area (Å²) in [4.78, 5) is 7.78. The standard InChI is InChI=1S/C12H18ClN3O/c13-12-15-8-6-11(16-12)17-9-3-5-10-4-1-2-7-14-10/h6,8,10,14H,1-5,7,9H2/t10-/m1/s1. The van der Waals surface area contributed by atoms with Crippen molar-refractivity contribution in [3.05, 3.63) is 17.5 Å². The van der Waals surface area contributed by atoms with E-state index in [1.807, 2.05) is 0 Å². The predicted molar refractivity (Wildman–Crippen MR) is 67.4 cm³/mol. The molecule has 0 radical (unpaired) electrons. The quantitative estimate of drug-likeness (QED) is 0.649. The molecule has 0 bridgehead atoms. The maximum Gasteiger partial charge on any atom is 0.225 e. The molecule has 1 aromatic rings. The lowest BCUT2D eigenvalue weighted by atomic mass is 10.0. The fourth-order valence-corrected chi connectivity index (χ4v) is 2.22. The van der Waals surface area contributed by atoms with E-state index in [1.165, 1.54) is 25.7 Å². The molecule has 0 unspecified atom stereocenters. The fraction of sp³-hybridized carbons (Fsp3) is 0.667. The van der Waals surface area contributed by atoms with Crippen LogP contribution in [0.15, 0.2) is 12.3 Å². The highest BCUT2D eigenvalue weighted by molar-refractivity contribution is 6.28. The van der Waals surface area contributed by atoms with Crippen molar-refractivity contribution in [2.75, 3.05) is 13.2 Å². The van der Waals surface area contributed by atoms with Crippen molar-refractivity contribution in [1.82, 2.24) is 15.3 Å². The molecule has 2 heterocycles. The third-order valence-corrected chi connectivity index (χ3v) is 3.14. The number of piperidine rings is 1. The molecule has 0 amide bonds. The van der Waals surface area contributed by atoms with E-state index in [4.69, 9.17) is 16.3 Å². The number of nitrogens with one attached hydrogen (secondary N) is 1. The number of halogens is 1. The summed E-state index contributed by atoms with van der Waals surface area (Å²) in [5, 5.41) is 3.76. The van der Waals surface area contributed by atoms with E-state index in [2.05, 4.69) is 15.3 Å². The van der Waals surface area contributed by atoms with Gasteiger partial charge in [-0.2, -0.15) is 4.98 Å². The summed E-state index contributed by atoms with van der Waals surface area (Å²) in [6.45, 7) is 1.85. The van der Waals surface area contributed by atoms with Gasteiger partial charge in [0.15, 0.2) is 0 Å². The van der Waals surface area contributed by atoms with Crippen LogP contribution in [0.1, 0.15) is 32.1 Å². The minimum Gasteiger partial charge on any atom is -0.478 e. The van der Waals surface area contributed by atoms with Gasteiger partial charge in [-0.25, -0.2) is 4.98 Å². The van der Waals surface area contributed by atoms with E-state index in [0.717, 1.165) is 13.0 Å². The lowest BCUT2D eigenvalue weighted by Gasteiger charge is -2.23. The summed E-state index contributed by atoms with van der Waals surface area (Å²) < 4.78 is 5.51. The molecule has 0 saturated carbocycles. The van der Waals surface area contributed by atoms with E-state index in [1.54, 1.807) is 12.3 Å². The van der Waals surface area contributed by atoms with Gasteiger partial charge in [-0.15, -0.1) is 0 Å². The molecule has 17 heavy (non-hydrogen) atoms. The van der Waals surface area contributed by atoms with Gasteiger partial charge in [0.05, 0.1) is 6.61 Å². The summed E-state index contributed by atoms with van der Waals surface area (Å²) in [6, 6.07) is 2.39. The van der Waals surface area contributed by atoms with Crippen LogP contribution >= 0.6 is 11.6 Å². The molecule has 1 N–H and O–H groups in total. The zero-order valence-corrected chi connectivity index (χ0v) is 10.6. The highest BCUT2D eigenvalue weighted by Crippen LogP contribution is 2.13. The topological polar surface area (TPSA) is 47.0 Å². The summed E-state index contributed by atoms with van der Waals surface area (Å²) in [5.74, 6) is 0.557. The molecule has 1 atom stereocenters. The van der Waals surface area contributed by atoms with Crippen molar-refractivity contribution >= 4 is 11.6 Å². The maximum absolute atomic E-state index is 5.67. The largest absolute Gasteiger partial charge is 0.478 e. The molecule has 94 valence electrons. The van der Waals surface area contributed by atoms with Crippen molar-refractivity contribution in [3.63, 3.8) is 0 Å². The Kier molecular flexibility index (Phi) is 5.01. The summed E-state index contributed by atoms with van der Waals surface area (Å²) in [5.41, 5.74) is 0. The van der Waals surface area contributed by atoms with Crippen molar-refractivity contribution in [1.29, 1.82) is 0 Å². The van der Waals surface area contributed by atoms with E-state index >= 15 is 0 Å². The zero-order chi connectivity index (χ0) is 11.9. The third-order valence-electron chi connectivity index (χ3n) is 2.96. The Hall–Kier alpha value is -0.870. The summed E-state index contributed by atoms with van der Waals surface area (Å²) >= 11 is 5.67. The average molecular weight is 256 g/mol. The molecule has 0 spiro atoms. The number of rotatable bonds is 5. The second kappa shape index (κ2) is 6.77. The van der Waals surface area contributed by atoms with Gasteiger partial charge in [-0.1, -0.05) is 6.42 Å². The van der Waals surface area contributed by atoms with Crippen LogP contribution in [-0.2, 0) is 0 Å². The predicted octanol–water partition coefficient (Wildman–Crippen LogP) is 2.43. The van der Waals surface area contributed by atoms with Crippen molar-refractivity contribution in [2.24, 2.45) is 0 Å². The Bertz CT molecular complexity index is 342. The van der Waals surface area contributed by atoms with Crippen LogP contribution in [0.2, 0.25) is 5.28 Å². The number of aromatic nitrogens is 2. The fourth-order valence-electron chi connectivity index (χ4n) is 2.08. The molecule has 5 heteroatoms. The minimum atomic E-state index is 0.233. The van der Waals surface area contributed by atoms with Gasteiger partial charge in [-0.05, 0) is 43.8 Å². The Labute approximate surface area is 107 Å². The monoisotopic (exact) mass is 255 g/mol. The molecule has 1 aliphatic heterocycles. The van der Waals surface area contributed by atoms with Crippen LogP contribution in [0.5, 0.6) is 5.88 Å². The molecule has 1 aromatic heterocycles. The number of nitrogens with zero attached hydrogens (tertiary/aromatic N) is 2. The smallest absolute Gasteiger partial charge is 0.225 e. The Morgan fingerprint density at radius 1 is 1.47 bits per heavy atom. The maximum atomic E-state index is 5.67. The molecule has 1 fully saturated rings. The van der Waals surface area contributed by atoms with Crippen molar-refractivity contribution < 1.29 is 4.74 Å². The van der Waals surface area contributed by atoms with E-state index in [-0.39, 0.29) is 5.28 Å². The lowest BCUT2D eigenvalue weighted by Crippen LogP contribution is -2.34. The van der Waals surface area contributed by atoms with Gasteiger partial charge in [0.2, 0.25) is 11.2 Å². The molecular weight excluding hydrogens is 238 g/mol. The van der Waals surface area contributed by atoms with Gasteiger partial charge in [-0.3, -0.25) is 0 Å². The third kappa shape index (κ3) is 4.48. The van der Waals surface area contributed by atoms with Gasteiger partial charge >= 0.3 is 0 Å². The molecule has 1 aliphatic rings. The summed E-state index contributed by atoms with van der Waals surface area (Å²) in [7, 11) is 0. The van der Waals surface area contributed by atoms with Crippen molar-refractivity contribution in [3.8, 4) is 5.88 Å². The van der Waals surface area contributed by atoms with Crippen LogP contribution in [0.25, 0.3) is 0 Å². The van der Waals surface area contributed by atoms with Crippen LogP contribution in [0.3, 0.4) is 0 Å². The second-order valence-electron chi connectivity index (χ2n) is 4.30. The van der Waals surface area contributed by atoms with E-state index in [9.17, 15) is 0 Å². The highest BCUT2D eigenvalue weighted by Gasteiger charge is 2.11. The minimum absolute atomic E-state index is 0.233. The number of hydrogen-bond donors (Lipinski definition) is 1. The average Bonchev–Trinajstić information content (AvgIpc) is 2.36. The van der Waals surface area contributed by atoms with Crippen LogP contribution in [0, 0.1) is 0 Å². The molecular formula is C12H18ClN3O. The van der Waals surface area contributed by atoms with Gasteiger partial charge in [0, 0.05) is 18.3 Å². The molecule has 1 saturated heterocycles. The van der Waals surface area contributed by atoms with E-state index in [0.29, 0.717) is 18.5 Å². The van der Waals surface area contributed by atoms with Gasteiger partial charge in [0.1, 0.15) is 0 Å². The second-order valence-corrected chi connectivity index (χ2v) is 4.64. The Morgan fingerprint density at radius 2 is 2.41 bits per heavy atom. The van der Waals surface area contributed by atoms with E-state index < -0.39 is 0 Å². The number of hydrogen-bond acceptors (Lipinski definition) is 4. The summed E-state index contributed by atoms with van der Waals surface area (Å²) in [6.07, 6.45) is 7.76. The first-order chi connectivity index (χ1) is 8.34. The van der Waals surface area contributed by atoms with Gasteiger partial charge in [0.25, 0.3) is 0 Å². The van der Waals surface area contributed by atoms with Crippen molar-refractivity contribution in [2.45, 2.75) is 38.1 Å². The molecule has 2 rings (SSSR count). The normalized spacial score (nSPS) is 20.2. The Morgan fingerprint density at radius 3 is 3.18 bits per heavy atom. The molecule has 0 aliphatic carbocycles.